The highest BCUT2D eigenvalue weighted by atomic mass is 16.6. The fraction of sp³-hybridized carbons (Fsp3) is 0.808. The quantitative estimate of drug-likeness (QED) is 0.219. The van der Waals surface area contributed by atoms with E-state index in [0.29, 0.717) is 17.8 Å². The Balaban J connectivity index is 1.31. The minimum Gasteiger partial charge on any atom is -0.394 e. The summed E-state index contributed by atoms with van der Waals surface area (Å²) in [5.41, 5.74) is 12.4. The van der Waals surface area contributed by atoms with E-state index < -0.39 is 24.5 Å². The molecule has 6 N–H and O–H groups in total. The molecule has 1 fully saturated rings. The average Bonchev–Trinajstić information content (AvgIpc) is 3.42. The fourth-order valence-corrected chi connectivity index (χ4v) is 4.96. The molecule has 204 valence electrons. The van der Waals surface area contributed by atoms with Crippen LogP contribution in [0.15, 0.2) is 6.33 Å². The second-order valence-electron chi connectivity index (χ2n) is 9.96. The molecule has 0 unspecified atom stereocenters. The van der Waals surface area contributed by atoms with Crippen LogP contribution in [0.4, 0.5) is 11.8 Å². The van der Waals surface area contributed by atoms with E-state index in [4.69, 9.17) is 20.9 Å². The lowest BCUT2D eigenvalue weighted by Gasteiger charge is -2.20. The number of rotatable bonds is 18. The van der Waals surface area contributed by atoms with E-state index in [1.165, 1.54) is 83.4 Å². The van der Waals surface area contributed by atoms with E-state index >= 15 is 0 Å². The first-order valence-corrected chi connectivity index (χ1v) is 13.9. The second kappa shape index (κ2) is 15.3. The zero-order valence-corrected chi connectivity index (χ0v) is 21.9. The third kappa shape index (κ3) is 7.99. The van der Waals surface area contributed by atoms with Gasteiger partial charge in [-0.15, -0.1) is 0 Å². The number of imidazole rings is 1. The Morgan fingerprint density at radius 1 is 0.917 bits per heavy atom. The molecule has 0 spiro atoms. The summed E-state index contributed by atoms with van der Waals surface area (Å²) in [5, 5.41) is 20.7. The minimum atomic E-state index is -0.997. The van der Waals surface area contributed by atoms with Gasteiger partial charge in [-0.2, -0.15) is 9.97 Å². The van der Waals surface area contributed by atoms with Gasteiger partial charge in [0.2, 0.25) is 5.95 Å². The molecular weight excluding hydrogens is 460 g/mol. The Bertz CT molecular complexity index is 895. The van der Waals surface area contributed by atoms with Gasteiger partial charge >= 0.3 is 0 Å². The fourth-order valence-electron chi connectivity index (χ4n) is 4.96. The summed E-state index contributed by atoms with van der Waals surface area (Å²) in [6, 6.07) is 0. The van der Waals surface area contributed by atoms with Gasteiger partial charge in [0, 0.05) is 6.61 Å². The number of unbranched alkanes of at least 4 members (excludes halogenated alkanes) is 13. The van der Waals surface area contributed by atoms with Crippen LogP contribution >= 0.6 is 0 Å². The first kappa shape index (κ1) is 28.6. The van der Waals surface area contributed by atoms with Crippen molar-refractivity contribution in [2.24, 2.45) is 0 Å². The molecule has 2 aromatic heterocycles. The lowest BCUT2D eigenvalue weighted by molar-refractivity contribution is -0.0609. The Labute approximate surface area is 214 Å². The number of aliphatic hydroxyl groups is 2. The molecule has 10 heteroatoms. The normalized spacial score (nSPS) is 22.1. The number of aliphatic hydroxyl groups excluding tert-OH is 2. The molecule has 0 saturated carbocycles. The number of aromatic nitrogens is 4. The van der Waals surface area contributed by atoms with Crippen LogP contribution in [0.3, 0.4) is 0 Å². The zero-order valence-electron chi connectivity index (χ0n) is 21.9. The lowest BCUT2D eigenvalue weighted by Crippen LogP contribution is -2.36. The highest BCUT2D eigenvalue weighted by molar-refractivity contribution is 5.82. The van der Waals surface area contributed by atoms with Gasteiger partial charge in [-0.3, -0.25) is 4.57 Å². The molecule has 1 aliphatic heterocycles. The van der Waals surface area contributed by atoms with Gasteiger partial charge in [0.1, 0.15) is 23.8 Å². The first-order valence-electron chi connectivity index (χ1n) is 13.9. The van der Waals surface area contributed by atoms with Crippen molar-refractivity contribution < 1.29 is 19.7 Å². The summed E-state index contributed by atoms with van der Waals surface area (Å²) >= 11 is 0. The van der Waals surface area contributed by atoms with E-state index in [9.17, 15) is 10.2 Å². The number of nitrogen functional groups attached to an aromatic ring is 2. The number of nitrogens with zero attached hydrogens (tertiary/aromatic N) is 4. The Kier molecular flexibility index (Phi) is 12.1. The SMILES string of the molecule is CCCCCCCCCCCCCCCCO[C@H]1[C@@H](O)[C@H](n2cnc3c(N)nc(N)nc32)O[C@@H]1CO. The van der Waals surface area contributed by atoms with Crippen LogP contribution in [0.1, 0.15) is 103 Å². The summed E-state index contributed by atoms with van der Waals surface area (Å²) in [6.45, 7) is 2.52. The summed E-state index contributed by atoms with van der Waals surface area (Å²) in [5.74, 6) is 0.173. The molecule has 0 amide bonds. The maximum absolute atomic E-state index is 10.9. The van der Waals surface area contributed by atoms with Gasteiger partial charge in [-0.25, -0.2) is 4.98 Å². The summed E-state index contributed by atoms with van der Waals surface area (Å²) in [4.78, 5) is 12.3. The van der Waals surface area contributed by atoms with Crippen molar-refractivity contribution in [2.75, 3.05) is 24.7 Å². The van der Waals surface area contributed by atoms with Crippen molar-refractivity contribution in [2.45, 2.75) is 121 Å². The molecule has 1 aliphatic rings. The average molecular weight is 507 g/mol. The van der Waals surface area contributed by atoms with Crippen molar-refractivity contribution in [3.8, 4) is 0 Å². The lowest BCUT2D eigenvalue weighted by atomic mass is 10.0. The number of hydrogen-bond acceptors (Lipinski definition) is 9. The van der Waals surface area contributed by atoms with Crippen molar-refractivity contribution in [3.05, 3.63) is 6.33 Å². The van der Waals surface area contributed by atoms with Gasteiger partial charge < -0.3 is 31.2 Å². The highest BCUT2D eigenvalue weighted by Gasteiger charge is 2.45. The Morgan fingerprint density at radius 3 is 2.08 bits per heavy atom. The number of nitrogens with two attached hydrogens (primary N) is 2. The summed E-state index contributed by atoms with van der Waals surface area (Å²) in [7, 11) is 0. The number of fused-ring (bicyclic) bond motifs is 1. The van der Waals surface area contributed by atoms with Gasteiger partial charge in [0.05, 0.1) is 12.9 Å². The molecule has 0 bridgehead atoms. The molecular formula is C26H46N6O4. The van der Waals surface area contributed by atoms with E-state index in [0.717, 1.165) is 12.8 Å². The molecule has 3 heterocycles. The van der Waals surface area contributed by atoms with Gasteiger partial charge in [0.25, 0.3) is 0 Å². The van der Waals surface area contributed by atoms with Crippen molar-refractivity contribution in [3.63, 3.8) is 0 Å². The minimum absolute atomic E-state index is 0.0125. The third-order valence-electron chi connectivity index (χ3n) is 7.04. The number of hydrogen-bond donors (Lipinski definition) is 4. The Hall–Kier alpha value is -2.01. The highest BCUT2D eigenvalue weighted by Crippen LogP contribution is 2.34. The second-order valence-corrected chi connectivity index (χ2v) is 9.96. The van der Waals surface area contributed by atoms with Crippen LogP contribution in [0.5, 0.6) is 0 Å². The smallest absolute Gasteiger partial charge is 0.224 e. The first-order chi connectivity index (χ1) is 17.6. The van der Waals surface area contributed by atoms with E-state index in [2.05, 4.69) is 21.9 Å². The molecule has 0 aliphatic carbocycles. The van der Waals surface area contributed by atoms with Crippen molar-refractivity contribution >= 4 is 22.9 Å². The largest absolute Gasteiger partial charge is 0.394 e. The maximum Gasteiger partial charge on any atom is 0.224 e. The predicted octanol–water partition coefficient (Wildman–Crippen LogP) is 4.11. The zero-order chi connectivity index (χ0) is 25.8. The predicted molar refractivity (Wildman–Crippen MR) is 141 cm³/mol. The van der Waals surface area contributed by atoms with Crippen molar-refractivity contribution in [1.82, 2.24) is 19.5 Å². The standard InChI is InChI=1S/C26H46N6O4/c1-2-3-4-5-6-7-8-9-10-11-12-13-14-15-16-35-22-19(17-33)36-25(21(22)34)32-18-29-20-23(27)30-26(28)31-24(20)32/h18-19,21-22,25,33-34H,2-17H2,1H3,(H4,27,28,30,31)/t19-,21-,22-,25-/m1/s1. The molecule has 1 saturated heterocycles. The van der Waals surface area contributed by atoms with Gasteiger partial charge in [-0.1, -0.05) is 90.4 Å². The van der Waals surface area contributed by atoms with E-state index in [-0.39, 0.29) is 18.4 Å². The van der Waals surface area contributed by atoms with Crippen LogP contribution < -0.4 is 11.5 Å². The summed E-state index contributed by atoms with van der Waals surface area (Å²) < 4.78 is 13.4. The van der Waals surface area contributed by atoms with Crippen molar-refractivity contribution in [1.29, 1.82) is 0 Å². The van der Waals surface area contributed by atoms with E-state index in [1.807, 2.05) is 0 Å². The van der Waals surface area contributed by atoms with Gasteiger partial charge in [-0.05, 0) is 6.42 Å². The molecule has 2 aromatic rings. The molecule has 0 aromatic carbocycles. The van der Waals surface area contributed by atoms with E-state index in [1.54, 1.807) is 4.57 Å². The number of ether oxygens (including phenoxy) is 2. The van der Waals surface area contributed by atoms with Crippen LogP contribution in [-0.4, -0.2) is 61.3 Å². The number of anilines is 2. The van der Waals surface area contributed by atoms with Crippen LogP contribution in [-0.2, 0) is 9.47 Å². The molecule has 10 nitrogen and oxygen atoms in total. The Morgan fingerprint density at radius 2 is 1.50 bits per heavy atom. The maximum atomic E-state index is 10.9. The topological polar surface area (TPSA) is 155 Å². The van der Waals surface area contributed by atoms with Crippen LogP contribution in [0, 0.1) is 0 Å². The molecule has 0 radical (unpaired) electrons. The van der Waals surface area contributed by atoms with Crippen LogP contribution in [0.2, 0.25) is 0 Å². The molecule has 3 rings (SSSR count). The van der Waals surface area contributed by atoms with Gasteiger partial charge in [0.15, 0.2) is 17.7 Å². The summed E-state index contributed by atoms with van der Waals surface area (Å²) in [6.07, 6.45) is 16.5. The van der Waals surface area contributed by atoms with Crippen LogP contribution in [0.25, 0.3) is 11.2 Å². The molecule has 36 heavy (non-hydrogen) atoms. The monoisotopic (exact) mass is 506 g/mol. The molecule has 4 atom stereocenters. The third-order valence-corrected chi connectivity index (χ3v) is 7.04.